The number of hydrogen-bond donors (Lipinski definition) is 2. The van der Waals surface area contributed by atoms with Crippen molar-refractivity contribution in [3.05, 3.63) is 0 Å². The Morgan fingerprint density at radius 1 is 1.50 bits per heavy atom. The molecule has 0 saturated heterocycles. The van der Waals surface area contributed by atoms with Gasteiger partial charge >= 0.3 is 0 Å². The fraction of sp³-hybridized carbons (Fsp3) is 0.917. The van der Waals surface area contributed by atoms with Gasteiger partial charge in [-0.25, -0.2) is 0 Å². The maximum Gasteiger partial charge on any atom is 0.220 e. The Bertz CT molecular complexity index is 205. The lowest BCUT2D eigenvalue weighted by atomic mass is 10.1. The van der Waals surface area contributed by atoms with E-state index in [-0.39, 0.29) is 11.5 Å². The Morgan fingerprint density at radius 2 is 2.12 bits per heavy atom. The monoisotopic (exact) mass is 230 g/mol. The summed E-state index contributed by atoms with van der Waals surface area (Å²) in [5, 5.41) is 2.88. The normalized spacial score (nSPS) is 13.6. The van der Waals surface area contributed by atoms with E-state index in [2.05, 4.69) is 12.2 Å². The van der Waals surface area contributed by atoms with E-state index in [1.807, 2.05) is 20.8 Å². The zero-order valence-corrected chi connectivity index (χ0v) is 11.0. The van der Waals surface area contributed by atoms with Gasteiger partial charge in [-0.1, -0.05) is 6.92 Å². The van der Waals surface area contributed by atoms with Crippen LogP contribution in [0.15, 0.2) is 0 Å². The van der Waals surface area contributed by atoms with E-state index in [1.54, 1.807) is 0 Å². The molecule has 0 rings (SSSR count). The molecule has 0 spiro atoms. The van der Waals surface area contributed by atoms with E-state index in [0.717, 1.165) is 6.42 Å². The number of ether oxygens (including phenoxy) is 1. The molecule has 3 N–H and O–H groups in total. The van der Waals surface area contributed by atoms with E-state index in [4.69, 9.17) is 10.5 Å². The van der Waals surface area contributed by atoms with Crippen LogP contribution in [0.2, 0.25) is 0 Å². The number of carbonyl (C=O) groups is 1. The predicted octanol–water partition coefficient (Wildman–Crippen LogP) is 1.29. The van der Waals surface area contributed by atoms with Crippen LogP contribution in [0.5, 0.6) is 0 Å². The van der Waals surface area contributed by atoms with Crippen molar-refractivity contribution in [1.29, 1.82) is 0 Å². The first-order valence-corrected chi connectivity index (χ1v) is 6.02. The molecule has 0 fully saturated rings. The lowest BCUT2D eigenvalue weighted by Gasteiger charge is -2.25. The Morgan fingerprint density at radius 3 is 2.62 bits per heavy atom. The second kappa shape index (κ2) is 7.63. The van der Waals surface area contributed by atoms with E-state index in [0.29, 0.717) is 32.0 Å². The van der Waals surface area contributed by atoms with Gasteiger partial charge in [-0.15, -0.1) is 0 Å². The molecule has 4 nitrogen and oxygen atoms in total. The zero-order chi connectivity index (χ0) is 12.6. The minimum Gasteiger partial charge on any atom is -0.374 e. The zero-order valence-electron chi connectivity index (χ0n) is 11.0. The molecule has 1 unspecified atom stereocenters. The minimum atomic E-state index is -0.288. The quantitative estimate of drug-likeness (QED) is 0.660. The fourth-order valence-electron chi connectivity index (χ4n) is 1.34. The van der Waals surface area contributed by atoms with E-state index < -0.39 is 0 Å². The van der Waals surface area contributed by atoms with Crippen molar-refractivity contribution >= 4 is 5.91 Å². The van der Waals surface area contributed by atoms with Gasteiger partial charge in [0, 0.05) is 19.6 Å². The standard InChI is InChI=1S/C12H26N2O2/c1-5-16-12(3,4)9-14-11(15)7-6-10(2)8-13/h10H,5-9,13H2,1-4H3,(H,14,15). The first kappa shape index (κ1) is 15.4. The van der Waals surface area contributed by atoms with Crippen molar-refractivity contribution in [2.24, 2.45) is 11.7 Å². The summed E-state index contributed by atoms with van der Waals surface area (Å²) in [4.78, 5) is 11.5. The molecule has 0 aliphatic rings. The smallest absolute Gasteiger partial charge is 0.220 e. The SMILES string of the molecule is CCOC(C)(C)CNC(=O)CCC(C)CN. The van der Waals surface area contributed by atoms with Gasteiger partial charge in [0.2, 0.25) is 5.91 Å². The summed E-state index contributed by atoms with van der Waals surface area (Å²) >= 11 is 0. The van der Waals surface area contributed by atoms with Gasteiger partial charge in [-0.3, -0.25) is 4.79 Å². The minimum absolute atomic E-state index is 0.0769. The van der Waals surface area contributed by atoms with Gasteiger partial charge in [-0.2, -0.15) is 0 Å². The second-order valence-electron chi connectivity index (χ2n) is 4.85. The number of nitrogens with two attached hydrogens (primary N) is 1. The molecule has 0 heterocycles. The van der Waals surface area contributed by atoms with Crippen LogP contribution in [0.4, 0.5) is 0 Å². The second-order valence-corrected chi connectivity index (χ2v) is 4.85. The number of carbonyl (C=O) groups excluding carboxylic acids is 1. The van der Waals surface area contributed by atoms with Crippen LogP contribution >= 0.6 is 0 Å². The highest BCUT2D eigenvalue weighted by Gasteiger charge is 2.18. The van der Waals surface area contributed by atoms with Crippen LogP contribution in [0.25, 0.3) is 0 Å². The molecule has 0 saturated carbocycles. The molecule has 1 amide bonds. The molecule has 0 aromatic rings. The highest BCUT2D eigenvalue weighted by atomic mass is 16.5. The van der Waals surface area contributed by atoms with Gasteiger partial charge in [0.05, 0.1) is 5.60 Å². The molecule has 0 bridgehead atoms. The predicted molar refractivity (Wildman–Crippen MR) is 66.2 cm³/mol. The Kier molecular flexibility index (Phi) is 7.34. The van der Waals surface area contributed by atoms with Gasteiger partial charge in [0.25, 0.3) is 0 Å². The third-order valence-electron chi connectivity index (χ3n) is 2.51. The summed E-state index contributed by atoms with van der Waals surface area (Å²) in [6, 6.07) is 0. The number of nitrogens with one attached hydrogen (secondary N) is 1. The van der Waals surface area contributed by atoms with Crippen LogP contribution in [-0.4, -0.2) is 31.2 Å². The average molecular weight is 230 g/mol. The number of hydrogen-bond acceptors (Lipinski definition) is 3. The summed E-state index contributed by atoms with van der Waals surface area (Å²) in [5.41, 5.74) is 5.20. The van der Waals surface area contributed by atoms with Crippen molar-refractivity contribution in [2.45, 2.75) is 46.1 Å². The molecular formula is C12H26N2O2. The molecule has 0 aromatic carbocycles. The molecular weight excluding hydrogens is 204 g/mol. The van der Waals surface area contributed by atoms with Gasteiger partial charge in [0.1, 0.15) is 0 Å². The average Bonchev–Trinajstić information content (AvgIpc) is 2.23. The molecule has 4 heteroatoms. The molecule has 1 atom stereocenters. The van der Waals surface area contributed by atoms with Crippen LogP contribution in [0.3, 0.4) is 0 Å². The molecule has 16 heavy (non-hydrogen) atoms. The molecule has 0 aliphatic heterocycles. The highest BCUT2D eigenvalue weighted by molar-refractivity contribution is 5.75. The summed E-state index contributed by atoms with van der Waals surface area (Å²) in [7, 11) is 0. The van der Waals surface area contributed by atoms with Crippen molar-refractivity contribution in [3.63, 3.8) is 0 Å². The topological polar surface area (TPSA) is 64.3 Å². The third-order valence-corrected chi connectivity index (χ3v) is 2.51. The van der Waals surface area contributed by atoms with E-state index in [1.165, 1.54) is 0 Å². The first-order valence-electron chi connectivity index (χ1n) is 6.02. The highest BCUT2D eigenvalue weighted by Crippen LogP contribution is 2.07. The van der Waals surface area contributed by atoms with Crippen LogP contribution < -0.4 is 11.1 Å². The maximum absolute atomic E-state index is 11.5. The summed E-state index contributed by atoms with van der Waals surface area (Å²) in [5.74, 6) is 0.485. The van der Waals surface area contributed by atoms with Gasteiger partial charge in [-0.05, 0) is 39.7 Å². The van der Waals surface area contributed by atoms with Gasteiger partial charge in [0.15, 0.2) is 0 Å². The maximum atomic E-state index is 11.5. The number of rotatable bonds is 8. The summed E-state index contributed by atoms with van der Waals surface area (Å²) in [6.45, 7) is 9.80. The van der Waals surface area contributed by atoms with Crippen molar-refractivity contribution < 1.29 is 9.53 Å². The first-order chi connectivity index (χ1) is 7.41. The Hall–Kier alpha value is -0.610. The summed E-state index contributed by atoms with van der Waals surface area (Å²) in [6.07, 6.45) is 1.39. The van der Waals surface area contributed by atoms with E-state index >= 15 is 0 Å². The lowest BCUT2D eigenvalue weighted by molar-refractivity contribution is -0.122. The van der Waals surface area contributed by atoms with Crippen molar-refractivity contribution in [1.82, 2.24) is 5.32 Å². The molecule has 96 valence electrons. The van der Waals surface area contributed by atoms with E-state index in [9.17, 15) is 4.79 Å². The van der Waals surface area contributed by atoms with Crippen molar-refractivity contribution in [3.8, 4) is 0 Å². The third kappa shape index (κ3) is 7.65. The Labute approximate surface area is 98.9 Å². The van der Waals surface area contributed by atoms with Crippen LogP contribution in [0, 0.1) is 5.92 Å². The summed E-state index contributed by atoms with van der Waals surface area (Å²) < 4.78 is 5.49. The molecule has 0 aliphatic carbocycles. The lowest BCUT2D eigenvalue weighted by Crippen LogP contribution is -2.40. The van der Waals surface area contributed by atoms with Crippen molar-refractivity contribution in [2.75, 3.05) is 19.7 Å². The van der Waals surface area contributed by atoms with Crippen LogP contribution in [-0.2, 0) is 9.53 Å². The molecule has 0 radical (unpaired) electrons. The fourth-order valence-corrected chi connectivity index (χ4v) is 1.34. The number of amides is 1. The Balaban J connectivity index is 3.72. The van der Waals surface area contributed by atoms with Gasteiger partial charge < -0.3 is 15.8 Å². The largest absolute Gasteiger partial charge is 0.374 e. The van der Waals surface area contributed by atoms with Crippen LogP contribution in [0.1, 0.15) is 40.5 Å². The molecule has 0 aromatic heterocycles.